The Morgan fingerprint density at radius 3 is 2.58 bits per heavy atom. The smallest absolute Gasteiger partial charge is 0.327 e. The van der Waals surface area contributed by atoms with E-state index in [-0.39, 0.29) is 18.4 Å². The first-order valence-electron chi connectivity index (χ1n) is 10.5. The molecule has 3 rings (SSSR count). The van der Waals surface area contributed by atoms with Crippen molar-refractivity contribution in [1.82, 2.24) is 15.5 Å². The number of amides is 1. The summed E-state index contributed by atoms with van der Waals surface area (Å²) in [6.07, 6.45) is 1.48. The van der Waals surface area contributed by atoms with Crippen LogP contribution in [0.15, 0.2) is 54.6 Å². The maximum atomic E-state index is 12.7. The first-order chi connectivity index (χ1) is 15.0. The summed E-state index contributed by atoms with van der Waals surface area (Å²) in [7, 11) is 3.00. The Morgan fingerprint density at radius 2 is 1.84 bits per heavy atom. The largest absolute Gasteiger partial charge is 0.497 e. The standard InChI is InChI=1S/C24H31N3O4/c1-30-21-11-6-10-20(14-21)15-25-22(28)16-26-24(23(29)31-2)12-7-13-27(18-24)17-19-8-4-3-5-9-19/h3-6,8-11,14,26H,7,12-13,15-18H2,1-2H3,(H,25,28)/t24-/m0/s1. The van der Waals surface area contributed by atoms with Crippen LogP contribution in [0.1, 0.15) is 24.0 Å². The average Bonchev–Trinajstić information content (AvgIpc) is 2.82. The van der Waals surface area contributed by atoms with Gasteiger partial charge in [-0.25, -0.2) is 0 Å². The molecule has 166 valence electrons. The lowest BCUT2D eigenvalue weighted by atomic mass is 9.88. The molecule has 2 N–H and O–H groups in total. The van der Waals surface area contributed by atoms with Gasteiger partial charge in [0, 0.05) is 19.6 Å². The van der Waals surface area contributed by atoms with Crippen LogP contribution in [0.5, 0.6) is 5.75 Å². The molecule has 1 atom stereocenters. The van der Waals surface area contributed by atoms with E-state index < -0.39 is 5.54 Å². The second-order valence-electron chi connectivity index (χ2n) is 7.86. The molecule has 7 heteroatoms. The van der Waals surface area contributed by atoms with Gasteiger partial charge >= 0.3 is 5.97 Å². The molecule has 1 heterocycles. The van der Waals surface area contributed by atoms with Gasteiger partial charge in [-0.15, -0.1) is 0 Å². The van der Waals surface area contributed by atoms with Gasteiger partial charge in [0.1, 0.15) is 11.3 Å². The lowest BCUT2D eigenvalue weighted by molar-refractivity contribution is -0.151. The minimum atomic E-state index is -0.894. The quantitative estimate of drug-likeness (QED) is 0.599. The number of carbonyl (C=O) groups excluding carboxylic acids is 2. The average molecular weight is 426 g/mol. The summed E-state index contributed by atoms with van der Waals surface area (Å²) < 4.78 is 10.3. The predicted molar refractivity (Wildman–Crippen MR) is 119 cm³/mol. The molecule has 0 radical (unpaired) electrons. The molecule has 1 amide bonds. The number of methoxy groups -OCH3 is 2. The highest BCUT2D eigenvalue weighted by atomic mass is 16.5. The number of benzene rings is 2. The van der Waals surface area contributed by atoms with Crippen molar-refractivity contribution in [2.45, 2.75) is 31.5 Å². The monoisotopic (exact) mass is 425 g/mol. The van der Waals surface area contributed by atoms with Crippen molar-refractivity contribution < 1.29 is 19.1 Å². The van der Waals surface area contributed by atoms with Gasteiger partial charge in [-0.2, -0.15) is 0 Å². The number of nitrogens with zero attached hydrogens (tertiary/aromatic N) is 1. The van der Waals surface area contributed by atoms with E-state index in [0.29, 0.717) is 19.5 Å². The summed E-state index contributed by atoms with van der Waals surface area (Å²) in [6, 6.07) is 17.7. The van der Waals surface area contributed by atoms with Gasteiger partial charge in [0.2, 0.25) is 5.91 Å². The van der Waals surface area contributed by atoms with Crippen molar-refractivity contribution in [2.24, 2.45) is 0 Å². The van der Waals surface area contributed by atoms with E-state index in [9.17, 15) is 9.59 Å². The van der Waals surface area contributed by atoms with E-state index >= 15 is 0 Å². The normalized spacial score (nSPS) is 18.9. The van der Waals surface area contributed by atoms with Crippen LogP contribution in [-0.4, -0.2) is 56.2 Å². The van der Waals surface area contributed by atoms with Crippen molar-refractivity contribution in [1.29, 1.82) is 0 Å². The zero-order valence-corrected chi connectivity index (χ0v) is 18.2. The third kappa shape index (κ3) is 6.29. The third-order valence-corrected chi connectivity index (χ3v) is 5.61. The molecule has 2 aromatic carbocycles. The zero-order chi connectivity index (χ0) is 22.1. The van der Waals surface area contributed by atoms with E-state index in [0.717, 1.165) is 30.8 Å². The molecule has 1 aliphatic rings. The summed E-state index contributed by atoms with van der Waals surface area (Å²) in [4.78, 5) is 27.4. The Labute approximate surface area is 183 Å². The molecule has 0 aromatic heterocycles. The maximum Gasteiger partial charge on any atom is 0.327 e. The van der Waals surface area contributed by atoms with Crippen LogP contribution >= 0.6 is 0 Å². The van der Waals surface area contributed by atoms with E-state index in [2.05, 4.69) is 27.7 Å². The minimum Gasteiger partial charge on any atom is -0.497 e. The number of piperidine rings is 1. The fourth-order valence-electron chi connectivity index (χ4n) is 3.99. The summed E-state index contributed by atoms with van der Waals surface area (Å²) in [6.45, 7) is 2.58. The van der Waals surface area contributed by atoms with Crippen LogP contribution in [0.4, 0.5) is 0 Å². The number of likely N-dealkylation sites (tertiary alicyclic amines) is 1. The van der Waals surface area contributed by atoms with Gasteiger partial charge < -0.3 is 14.8 Å². The minimum absolute atomic E-state index is 0.0399. The number of carbonyl (C=O) groups is 2. The second kappa shape index (κ2) is 10.9. The van der Waals surface area contributed by atoms with Crippen molar-refractivity contribution in [2.75, 3.05) is 33.9 Å². The number of hydrogen-bond donors (Lipinski definition) is 2. The summed E-state index contributed by atoms with van der Waals surface area (Å²) >= 11 is 0. The molecular weight excluding hydrogens is 394 g/mol. The molecule has 2 aromatic rings. The molecule has 0 spiro atoms. The Bertz CT molecular complexity index is 874. The van der Waals surface area contributed by atoms with Crippen LogP contribution < -0.4 is 15.4 Å². The number of esters is 1. The van der Waals surface area contributed by atoms with Crippen LogP contribution in [0, 0.1) is 0 Å². The fourth-order valence-corrected chi connectivity index (χ4v) is 3.99. The molecule has 0 bridgehead atoms. The van der Waals surface area contributed by atoms with Crippen molar-refractivity contribution >= 4 is 11.9 Å². The van der Waals surface area contributed by atoms with Gasteiger partial charge in [-0.3, -0.25) is 19.8 Å². The lowest BCUT2D eigenvalue weighted by Crippen LogP contribution is -2.63. The molecule has 1 saturated heterocycles. The van der Waals surface area contributed by atoms with Crippen molar-refractivity contribution in [3.05, 3.63) is 65.7 Å². The van der Waals surface area contributed by atoms with Crippen LogP contribution in [-0.2, 0) is 27.4 Å². The summed E-state index contributed by atoms with van der Waals surface area (Å²) in [5.41, 5.74) is 1.25. The van der Waals surface area contributed by atoms with E-state index in [1.54, 1.807) is 7.11 Å². The van der Waals surface area contributed by atoms with Gasteiger partial charge in [0.25, 0.3) is 0 Å². The van der Waals surface area contributed by atoms with Crippen LogP contribution in [0.2, 0.25) is 0 Å². The molecule has 1 aliphatic heterocycles. The Kier molecular flexibility index (Phi) is 8.03. The van der Waals surface area contributed by atoms with E-state index in [4.69, 9.17) is 9.47 Å². The van der Waals surface area contributed by atoms with Gasteiger partial charge in [-0.1, -0.05) is 42.5 Å². The number of ether oxygens (including phenoxy) is 2. The summed E-state index contributed by atoms with van der Waals surface area (Å²) in [5.74, 6) is 0.243. The van der Waals surface area contributed by atoms with Crippen molar-refractivity contribution in [3.63, 3.8) is 0 Å². The van der Waals surface area contributed by atoms with E-state index in [1.165, 1.54) is 12.7 Å². The fraction of sp³-hybridized carbons (Fsp3) is 0.417. The highest BCUT2D eigenvalue weighted by molar-refractivity contribution is 5.83. The predicted octanol–water partition coefficient (Wildman–Crippen LogP) is 2.11. The molecule has 0 unspecified atom stereocenters. The third-order valence-electron chi connectivity index (χ3n) is 5.61. The van der Waals surface area contributed by atoms with Gasteiger partial charge in [0.15, 0.2) is 0 Å². The van der Waals surface area contributed by atoms with Gasteiger partial charge in [-0.05, 0) is 42.6 Å². The molecule has 7 nitrogen and oxygen atoms in total. The molecule has 31 heavy (non-hydrogen) atoms. The number of nitrogens with one attached hydrogen (secondary N) is 2. The first kappa shape index (κ1) is 22.8. The lowest BCUT2D eigenvalue weighted by Gasteiger charge is -2.41. The van der Waals surface area contributed by atoms with E-state index in [1.807, 2.05) is 42.5 Å². The topological polar surface area (TPSA) is 79.9 Å². The first-order valence-corrected chi connectivity index (χ1v) is 10.5. The SMILES string of the molecule is COC(=O)[C@]1(NCC(=O)NCc2cccc(OC)c2)CCCN(Cc2ccccc2)C1. The molecular formula is C24H31N3O4. The Hall–Kier alpha value is -2.90. The number of rotatable bonds is 9. The zero-order valence-electron chi connectivity index (χ0n) is 18.2. The van der Waals surface area contributed by atoms with Gasteiger partial charge in [0.05, 0.1) is 20.8 Å². The highest BCUT2D eigenvalue weighted by Gasteiger charge is 2.43. The molecule has 1 fully saturated rings. The maximum absolute atomic E-state index is 12.7. The molecule has 0 saturated carbocycles. The number of hydrogen-bond acceptors (Lipinski definition) is 6. The highest BCUT2D eigenvalue weighted by Crippen LogP contribution is 2.24. The summed E-state index contributed by atoms with van der Waals surface area (Å²) in [5, 5.41) is 6.10. The van der Waals surface area contributed by atoms with Crippen LogP contribution in [0.3, 0.4) is 0 Å². The van der Waals surface area contributed by atoms with Crippen molar-refractivity contribution in [3.8, 4) is 5.75 Å². The Balaban J connectivity index is 1.58. The molecule has 0 aliphatic carbocycles. The van der Waals surface area contributed by atoms with Crippen LogP contribution in [0.25, 0.3) is 0 Å². The second-order valence-corrected chi connectivity index (χ2v) is 7.86. The Morgan fingerprint density at radius 1 is 1.06 bits per heavy atom.